The normalized spacial score (nSPS) is 18.9. The van der Waals surface area contributed by atoms with Crippen molar-refractivity contribution in [2.24, 2.45) is 0 Å². The van der Waals surface area contributed by atoms with E-state index in [2.05, 4.69) is 0 Å². The van der Waals surface area contributed by atoms with Crippen LogP contribution < -0.4 is 0 Å². The number of alkyl halides is 1. The molecule has 0 aromatic rings. The summed E-state index contributed by atoms with van der Waals surface area (Å²) in [4.78, 5) is 0. The first-order valence-corrected chi connectivity index (χ1v) is 7.27. The minimum absolute atomic E-state index is 0.109. The standard InChI is InChI=1S/C9H17ClO3S/c10-5-6-13-7-8-14(11,12)9-3-1-2-4-9/h9H,1-8H2. The molecular weight excluding hydrogens is 224 g/mol. The van der Waals surface area contributed by atoms with Gasteiger partial charge in [-0.25, -0.2) is 8.42 Å². The summed E-state index contributed by atoms with van der Waals surface area (Å²) in [6, 6.07) is 0. The molecule has 0 amide bonds. The summed E-state index contributed by atoms with van der Waals surface area (Å²) in [6.07, 6.45) is 3.76. The van der Waals surface area contributed by atoms with Crippen molar-refractivity contribution in [3.8, 4) is 0 Å². The SMILES string of the molecule is O=S(=O)(CCOCCCl)C1CCCC1. The Morgan fingerprint density at radius 1 is 1.21 bits per heavy atom. The van der Waals surface area contributed by atoms with Gasteiger partial charge in [0, 0.05) is 5.88 Å². The summed E-state index contributed by atoms with van der Waals surface area (Å²) in [5.41, 5.74) is 0. The van der Waals surface area contributed by atoms with Crippen LogP contribution in [0.25, 0.3) is 0 Å². The Bertz CT molecular complexity index is 245. The Morgan fingerprint density at radius 2 is 1.86 bits per heavy atom. The summed E-state index contributed by atoms with van der Waals surface area (Å²) >= 11 is 5.40. The minimum Gasteiger partial charge on any atom is -0.379 e. The van der Waals surface area contributed by atoms with Crippen LogP contribution in [0.5, 0.6) is 0 Å². The summed E-state index contributed by atoms with van der Waals surface area (Å²) in [7, 11) is -2.91. The molecule has 0 N–H and O–H groups in total. The van der Waals surface area contributed by atoms with Crippen molar-refractivity contribution in [2.45, 2.75) is 30.9 Å². The fourth-order valence-corrected chi connectivity index (χ4v) is 3.59. The Hall–Kier alpha value is 0.200. The number of ether oxygens (including phenoxy) is 1. The zero-order chi connectivity index (χ0) is 10.4. The van der Waals surface area contributed by atoms with Crippen LogP contribution in [-0.4, -0.2) is 38.5 Å². The van der Waals surface area contributed by atoms with Crippen molar-refractivity contribution in [1.82, 2.24) is 0 Å². The van der Waals surface area contributed by atoms with Crippen molar-refractivity contribution in [3.05, 3.63) is 0 Å². The van der Waals surface area contributed by atoms with Gasteiger partial charge in [0.2, 0.25) is 0 Å². The molecule has 1 aliphatic rings. The van der Waals surface area contributed by atoms with Gasteiger partial charge in [0.05, 0.1) is 24.2 Å². The molecule has 1 aliphatic carbocycles. The monoisotopic (exact) mass is 240 g/mol. The molecule has 0 saturated heterocycles. The maximum atomic E-state index is 11.7. The third kappa shape index (κ3) is 3.75. The first-order chi connectivity index (χ1) is 6.67. The average molecular weight is 241 g/mol. The highest BCUT2D eigenvalue weighted by Gasteiger charge is 2.27. The van der Waals surface area contributed by atoms with Crippen LogP contribution in [0.1, 0.15) is 25.7 Å². The topological polar surface area (TPSA) is 43.4 Å². The largest absolute Gasteiger partial charge is 0.379 e. The van der Waals surface area contributed by atoms with Crippen LogP contribution in [0.4, 0.5) is 0 Å². The summed E-state index contributed by atoms with van der Waals surface area (Å²) in [5.74, 6) is 0.567. The van der Waals surface area contributed by atoms with Crippen molar-refractivity contribution in [1.29, 1.82) is 0 Å². The van der Waals surface area contributed by atoms with Gasteiger partial charge in [-0.1, -0.05) is 12.8 Å². The molecule has 1 saturated carbocycles. The van der Waals surface area contributed by atoms with Gasteiger partial charge >= 0.3 is 0 Å². The Morgan fingerprint density at radius 3 is 2.43 bits per heavy atom. The van der Waals surface area contributed by atoms with Crippen molar-refractivity contribution < 1.29 is 13.2 Å². The molecule has 84 valence electrons. The van der Waals surface area contributed by atoms with Crippen LogP contribution in [0, 0.1) is 0 Å². The van der Waals surface area contributed by atoms with Gasteiger partial charge in [-0.05, 0) is 12.8 Å². The number of sulfone groups is 1. The van der Waals surface area contributed by atoms with Crippen LogP contribution in [0.3, 0.4) is 0 Å². The van der Waals surface area contributed by atoms with Crippen molar-refractivity contribution in [3.63, 3.8) is 0 Å². The van der Waals surface area contributed by atoms with E-state index in [9.17, 15) is 8.42 Å². The Labute approximate surface area is 90.7 Å². The second-order valence-corrected chi connectivity index (χ2v) is 6.35. The zero-order valence-electron chi connectivity index (χ0n) is 8.25. The molecular formula is C9H17ClO3S. The second kappa shape index (κ2) is 5.93. The van der Waals surface area contributed by atoms with E-state index in [0.717, 1.165) is 25.7 Å². The molecule has 0 heterocycles. The van der Waals surface area contributed by atoms with E-state index < -0.39 is 9.84 Å². The average Bonchev–Trinajstić information content (AvgIpc) is 2.65. The number of hydrogen-bond donors (Lipinski definition) is 0. The highest BCUT2D eigenvalue weighted by Crippen LogP contribution is 2.24. The van der Waals surface area contributed by atoms with E-state index in [-0.39, 0.29) is 17.6 Å². The molecule has 1 fully saturated rings. The molecule has 5 heteroatoms. The zero-order valence-corrected chi connectivity index (χ0v) is 9.82. The Balaban J connectivity index is 2.26. The molecule has 0 atom stereocenters. The van der Waals surface area contributed by atoms with Gasteiger partial charge in [0.15, 0.2) is 9.84 Å². The third-order valence-corrected chi connectivity index (χ3v) is 4.92. The quantitative estimate of drug-likeness (QED) is 0.523. The van der Waals surface area contributed by atoms with Gasteiger partial charge < -0.3 is 4.74 Å². The third-order valence-electron chi connectivity index (χ3n) is 2.54. The molecule has 3 nitrogen and oxygen atoms in total. The molecule has 0 radical (unpaired) electrons. The van der Waals surface area contributed by atoms with Crippen LogP contribution in [0.15, 0.2) is 0 Å². The predicted octanol–water partition coefficient (Wildman–Crippen LogP) is 1.60. The van der Waals surface area contributed by atoms with Crippen LogP contribution in [-0.2, 0) is 14.6 Å². The fourth-order valence-electron chi connectivity index (χ4n) is 1.75. The summed E-state index contributed by atoms with van der Waals surface area (Å²) in [5, 5.41) is -0.109. The summed E-state index contributed by atoms with van der Waals surface area (Å²) < 4.78 is 28.4. The van der Waals surface area contributed by atoms with Crippen LogP contribution in [0.2, 0.25) is 0 Å². The number of hydrogen-bond acceptors (Lipinski definition) is 3. The van der Waals surface area contributed by atoms with E-state index in [1.165, 1.54) is 0 Å². The highest BCUT2D eigenvalue weighted by molar-refractivity contribution is 7.92. The lowest BCUT2D eigenvalue weighted by molar-refractivity contribution is 0.165. The molecule has 0 aromatic heterocycles. The maximum absolute atomic E-state index is 11.7. The van der Waals surface area contributed by atoms with Gasteiger partial charge in [-0.15, -0.1) is 11.6 Å². The summed E-state index contributed by atoms with van der Waals surface area (Å²) in [6.45, 7) is 0.716. The van der Waals surface area contributed by atoms with E-state index in [1.807, 2.05) is 0 Å². The van der Waals surface area contributed by atoms with Gasteiger partial charge in [-0.3, -0.25) is 0 Å². The lowest BCUT2D eigenvalue weighted by Crippen LogP contribution is -2.23. The first kappa shape index (κ1) is 12.3. The predicted molar refractivity (Wildman–Crippen MR) is 57.6 cm³/mol. The lowest BCUT2D eigenvalue weighted by atomic mass is 10.4. The van der Waals surface area contributed by atoms with E-state index in [0.29, 0.717) is 12.5 Å². The molecule has 1 rings (SSSR count). The van der Waals surface area contributed by atoms with Crippen LogP contribution >= 0.6 is 11.6 Å². The first-order valence-electron chi connectivity index (χ1n) is 5.02. The molecule has 0 aromatic carbocycles. The van der Waals surface area contributed by atoms with E-state index >= 15 is 0 Å². The number of rotatable bonds is 6. The fraction of sp³-hybridized carbons (Fsp3) is 1.00. The minimum atomic E-state index is -2.91. The second-order valence-electron chi connectivity index (χ2n) is 3.57. The van der Waals surface area contributed by atoms with Gasteiger partial charge in [0.25, 0.3) is 0 Å². The molecule has 0 aliphatic heterocycles. The van der Waals surface area contributed by atoms with E-state index in [1.54, 1.807) is 0 Å². The van der Waals surface area contributed by atoms with E-state index in [4.69, 9.17) is 16.3 Å². The van der Waals surface area contributed by atoms with Crippen molar-refractivity contribution in [2.75, 3.05) is 24.8 Å². The van der Waals surface area contributed by atoms with Gasteiger partial charge in [-0.2, -0.15) is 0 Å². The molecule has 0 unspecified atom stereocenters. The smallest absolute Gasteiger partial charge is 0.155 e. The van der Waals surface area contributed by atoms with Crippen molar-refractivity contribution >= 4 is 21.4 Å². The molecule has 0 spiro atoms. The van der Waals surface area contributed by atoms with Gasteiger partial charge in [0.1, 0.15) is 0 Å². The molecule has 0 bridgehead atoms. The maximum Gasteiger partial charge on any atom is 0.155 e. The Kier molecular flexibility index (Phi) is 5.20. The number of halogens is 1. The highest BCUT2D eigenvalue weighted by atomic mass is 35.5. The molecule has 14 heavy (non-hydrogen) atoms. The lowest BCUT2D eigenvalue weighted by Gasteiger charge is -2.10.